The van der Waals surface area contributed by atoms with Crippen molar-refractivity contribution in [2.45, 2.75) is 40.2 Å². The summed E-state index contributed by atoms with van der Waals surface area (Å²) in [6.45, 7) is 7.99. The maximum atomic E-state index is 13.7. The number of aryl methyl sites for hydroxylation is 3. The first kappa shape index (κ1) is 24.4. The van der Waals surface area contributed by atoms with Crippen molar-refractivity contribution in [2.75, 3.05) is 0 Å². The number of hydrogen-bond acceptors (Lipinski definition) is 4. The number of benzene rings is 2. The summed E-state index contributed by atoms with van der Waals surface area (Å²) < 4.78 is 16.9. The molecule has 188 valence electrons. The van der Waals surface area contributed by atoms with Gasteiger partial charge in [-0.2, -0.15) is 10.2 Å². The minimum absolute atomic E-state index is 0.159. The lowest BCUT2D eigenvalue weighted by Crippen LogP contribution is -2.30. The lowest BCUT2D eigenvalue weighted by molar-refractivity contribution is 0.0928. The average Bonchev–Trinajstić information content (AvgIpc) is 3.42. The Morgan fingerprint density at radius 1 is 0.973 bits per heavy atom. The minimum Gasteiger partial charge on any atom is -0.344 e. The SMILES string of the molecule is CCC(NC(=O)c1cc(-c2c(C)nn(C)c2C)nc2cc(-c3ccc(F)cc3)nn12)c1ccc(C)cc1. The molecule has 0 aliphatic heterocycles. The molecule has 0 saturated heterocycles. The molecule has 1 unspecified atom stereocenters. The van der Waals surface area contributed by atoms with Crippen molar-refractivity contribution in [1.82, 2.24) is 29.7 Å². The highest BCUT2D eigenvalue weighted by atomic mass is 19.1. The van der Waals surface area contributed by atoms with Crippen LogP contribution in [0.15, 0.2) is 60.7 Å². The Balaban J connectivity index is 1.63. The predicted octanol–water partition coefficient (Wildman–Crippen LogP) is 5.74. The van der Waals surface area contributed by atoms with Crippen LogP contribution in [0.1, 0.15) is 52.4 Å². The maximum absolute atomic E-state index is 13.7. The van der Waals surface area contributed by atoms with E-state index in [4.69, 9.17) is 4.98 Å². The van der Waals surface area contributed by atoms with Crippen LogP contribution in [0.4, 0.5) is 4.39 Å². The van der Waals surface area contributed by atoms with Gasteiger partial charge in [0.05, 0.1) is 23.1 Å². The molecule has 5 rings (SSSR count). The molecule has 0 radical (unpaired) electrons. The van der Waals surface area contributed by atoms with Gasteiger partial charge in [-0.1, -0.05) is 36.8 Å². The molecule has 1 atom stereocenters. The first-order valence-corrected chi connectivity index (χ1v) is 12.3. The molecule has 5 aromatic rings. The van der Waals surface area contributed by atoms with Gasteiger partial charge in [0.2, 0.25) is 0 Å². The molecule has 3 aromatic heterocycles. The van der Waals surface area contributed by atoms with Crippen molar-refractivity contribution in [1.29, 1.82) is 0 Å². The van der Waals surface area contributed by atoms with E-state index in [9.17, 15) is 9.18 Å². The quantitative estimate of drug-likeness (QED) is 0.325. The summed E-state index contributed by atoms with van der Waals surface area (Å²) in [5.74, 6) is -0.578. The number of carbonyl (C=O) groups excluding carboxylic acids is 1. The Labute approximate surface area is 215 Å². The summed E-state index contributed by atoms with van der Waals surface area (Å²) in [4.78, 5) is 18.6. The highest BCUT2D eigenvalue weighted by molar-refractivity contribution is 5.95. The summed E-state index contributed by atoms with van der Waals surface area (Å²) in [6, 6.07) is 17.7. The van der Waals surface area contributed by atoms with Crippen molar-refractivity contribution in [2.24, 2.45) is 7.05 Å². The van der Waals surface area contributed by atoms with Crippen LogP contribution < -0.4 is 5.32 Å². The topological polar surface area (TPSA) is 77.1 Å². The van der Waals surface area contributed by atoms with Gasteiger partial charge in [-0.25, -0.2) is 13.9 Å². The lowest BCUT2D eigenvalue weighted by Gasteiger charge is -2.18. The fourth-order valence-electron chi connectivity index (χ4n) is 4.62. The van der Waals surface area contributed by atoms with Crippen LogP contribution in [0, 0.1) is 26.6 Å². The van der Waals surface area contributed by atoms with Gasteiger partial charge in [0, 0.05) is 29.9 Å². The molecule has 1 amide bonds. The highest BCUT2D eigenvalue weighted by Crippen LogP contribution is 2.29. The van der Waals surface area contributed by atoms with E-state index in [0.717, 1.165) is 40.1 Å². The maximum Gasteiger partial charge on any atom is 0.270 e. The molecule has 3 heterocycles. The molecule has 0 aliphatic rings. The zero-order valence-electron chi connectivity index (χ0n) is 21.6. The van der Waals surface area contributed by atoms with Crippen molar-refractivity contribution < 1.29 is 9.18 Å². The van der Waals surface area contributed by atoms with E-state index >= 15 is 0 Å². The Hall–Kier alpha value is -4.33. The first-order chi connectivity index (χ1) is 17.7. The third-order valence-electron chi connectivity index (χ3n) is 6.76. The van der Waals surface area contributed by atoms with Crippen LogP contribution in [0.2, 0.25) is 0 Å². The lowest BCUT2D eigenvalue weighted by atomic mass is 10.0. The molecule has 0 spiro atoms. The van der Waals surface area contributed by atoms with Gasteiger partial charge >= 0.3 is 0 Å². The van der Waals surface area contributed by atoms with Gasteiger partial charge in [-0.3, -0.25) is 9.48 Å². The number of halogens is 1. The molecule has 7 nitrogen and oxygen atoms in total. The molecular weight excluding hydrogens is 467 g/mol. The monoisotopic (exact) mass is 496 g/mol. The number of rotatable bonds is 6. The van der Waals surface area contributed by atoms with Gasteiger partial charge in [-0.15, -0.1) is 0 Å². The summed E-state index contributed by atoms with van der Waals surface area (Å²) in [5.41, 5.74) is 7.73. The normalized spacial score (nSPS) is 12.2. The summed E-state index contributed by atoms with van der Waals surface area (Å²) >= 11 is 0. The number of nitrogens with one attached hydrogen (secondary N) is 1. The predicted molar refractivity (Wildman–Crippen MR) is 142 cm³/mol. The third kappa shape index (κ3) is 4.62. The number of amides is 1. The molecule has 0 fully saturated rings. The summed E-state index contributed by atoms with van der Waals surface area (Å²) in [6.07, 6.45) is 0.733. The Morgan fingerprint density at radius 3 is 2.30 bits per heavy atom. The Kier molecular flexibility index (Phi) is 6.33. The van der Waals surface area contributed by atoms with Crippen LogP contribution in [-0.4, -0.2) is 30.3 Å². The summed E-state index contributed by atoms with van der Waals surface area (Å²) in [5, 5.41) is 12.4. The second-order valence-electron chi connectivity index (χ2n) is 9.35. The van der Waals surface area contributed by atoms with Crippen molar-refractivity contribution >= 4 is 11.6 Å². The molecule has 0 bridgehead atoms. The minimum atomic E-state index is -0.322. The van der Waals surface area contributed by atoms with E-state index in [1.807, 2.05) is 65.1 Å². The number of aromatic nitrogens is 5. The van der Waals surface area contributed by atoms with Crippen LogP contribution in [0.3, 0.4) is 0 Å². The van der Waals surface area contributed by atoms with Crippen molar-refractivity contribution in [3.63, 3.8) is 0 Å². The largest absolute Gasteiger partial charge is 0.344 e. The summed E-state index contributed by atoms with van der Waals surface area (Å²) in [7, 11) is 1.89. The smallest absolute Gasteiger partial charge is 0.270 e. The van der Waals surface area contributed by atoms with E-state index in [0.29, 0.717) is 22.7 Å². The van der Waals surface area contributed by atoms with Gasteiger partial charge in [0.1, 0.15) is 11.5 Å². The van der Waals surface area contributed by atoms with Crippen LogP contribution in [0.5, 0.6) is 0 Å². The molecule has 37 heavy (non-hydrogen) atoms. The average molecular weight is 497 g/mol. The van der Waals surface area contributed by atoms with E-state index in [1.54, 1.807) is 27.4 Å². The van der Waals surface area contributed by atoms with Gasteiger partial charge in [-0.05, 0) is 63.1 Å². The van der Waals surface area contributed by atoms with E-state index in [2.05, 4.69) is 15.5 Å². The number of fused-ring (bicyclic) bond motifs is 1. The van der Waals surface area contributed by atoms with Gasteiger partial charge in [0.25, 0.3) is 5.91 Å². The molecule has 1 N–H and O–H groups in total. The fourth-order valence-corrected chi connectivity index (χ4v) is 4.62. The van der Waals surface area contributed by atoms with Gasteiger partial charge in [0.15, 0.2) is 5.65 Å². The molecule has 2 aromatic carbocycles. The standard InChI is InChI=1S/C29H29FN6O/c1-6-23(20-9-7-17(2)8-10-20)32-29(37)26-15-25(28-18(3)33-35(5)19(28)4)31-27-16-24(34-36(26)27)21-11-13-22(30)14-12-21/h7-16,23H,6H2,1-5H3,(H,32,37). The number of nitrogens with zero attached hydrogens (tertiary/aromatic N) is 5. The highest BCUT2D eigenvalue weighted by Gasteiger charge is 2.22. The Morgan fingerprint density at radius 2 is 1.68 bits per heavy atom. The molecule has 8 heteroatoms. The van der Waals surface area contributed by atoms with E-state index < -0.39 is 0 Å². The van der Waals surface area contributed by atoms with Crippen LogP contribution >= 0.6 is 0 Å². The molecule has 0 aliphatic carbocycles. The number of hydrogen-bond donors (Lipinski definition) is 1. The second kappa shape index (κ2) is 9.61. The van der Waals surface area contributed by atoms with Crippen LogP contribution in [-0.2, 0) is 7.05 Å². The van der Waals surface area contributed by atoms with Crippen molar-refractivity contribution in [3.05, 3.63) is 94.7 Å². The number of carbonyl (C=O) groups is 1. The van der Waals surface area contributed by atoms with Crippen LogP contribution in [0.25, 0.3) is 28.2 Å². The fraction of sp³-hybridized carbons (Fsp3) is 0.241. The zero-order chi connectivity index (χ0) is 26.3. The molecule has 0 saturated carbocycles. The second-order valence-corrected chi connectivity index (χ2v) is 9.35. The molecular formula is C29H29FN6O. The third-order valence-corrected chi connectivity index (χ3v) is 6.76. The van der Waals surface area contributed by atoms with Gasteiger partial charge < -0.3 is 5.32 Å². The Bertz CT molecular complexity index is 1600. The van der Waals surface area contributed by atoms with E-state index in [-0.39, 0.29) is 17.8 Å². The van der Waals surface area contributed by atoms with Crippen molar-refractivity contribution in [3.8, 4) is 22.5 Å². The zero-order valence-corrected chi connectivity index (χ0v) is 21.6. The first-order valence-electron chi connectivity index (χ1n) is 12.3. The van der Waals surface area contributed by atoms with E-state index in [1.165, 1.54) is 12.1 Å².